The van der Waals surface area contributed by atoms with Crippen LogP contribution in [0.4, 0.5) is 0 Å². The van der Waals surface area contributed by atoms with Crippen molar-refractivity contribution >= 4 is 12.1 Å². The molecule has 0 radical (unpaired) electrons. The van der Waals surface area contributed by atoms with Crippen LogP contribution in [0.3, 0.4) is 0 Å². The van der Waals surface area contributed by atoms with E-state index in [-0.39, 0.29) is 17.9 Å². The van der Waals surface area contributed by atoms with Gasteiger partial charge in [-0.15, -0.1) is 0 Å². The fourth-order valence-corrected chi connectivity index (χ4v) is 4.54. The molecule has 5 nitrogen and oxygen atoms in total. The van der Waals surface area contributed by atoms with Gasteiger partial charge in [0.25, 0.3) is 0 Å². The number of amides is 1. The molecule has 0 bridgehead atoms. The average molecular weight is 343 g/mol. The Balaban J connectivity index is 1.49. The molecule has 2 saturated carbocycles. The van der Waals surface area contributed by atoms with Gasteiger partial charge in [-0.05, 0) is 69.3 Å². The fourth-order valence-electron chi connectivity index (χ4n) is 4.54. The summed E-state index contributed by atoms with van der Waals surface area (Å²) >= 11 is 0. The molecule has 4 rings (SSSR count). The lowest BCUT2D eigenvalue weighted by molar-refractivity contribution is -0.142. The smallest absolute Gasteiger partial charge is 0.229 e. The Morgan fingerprint density at radius 1 is 1.16 bits per heavy atom. The minimum absolute atomic E-state index is 0.121. The van der Waals surface area contributed by atoms with Gasteiger partial charge in [-0.1, -0.05) is 11.6 Å². The molecule has 5 heteroatoms. The van der Waals surface area contributed by atoms with Crippen LogP contribution in [-0.2, 0) is 4.79 Å². The van der Waals surface area contributed by atoms with Gasteiger partial charge < -0.3 is 21.1 Å². The third-order valence-electron chi connectivity index (χ3n) is 6.34. The molecule has 25 heavy (non-hydrogen) atoms. The van der Waals surface area contributed by atoms with Crippen molar-refractivity contribution in [3.8, 4) is 0 Å². The number of nitrogens with zero attached hydrogens (tertiary/aromatic N) is 1. The molecular weight excluding hydrogens is 314 g/mol. The van der Waals surface area contributed by atoms with Gasteiger partial charge in [0.15, 0.2) is 0 Å². The SMILES string of the molecule is N=CC1=C(N)CCC(N(C(=O)C2CCC(C3CC3)=CC2O)C2CC2)C1. The number of hydrogen-bond acceptors (Lipinski definition) is 4. The zero-order valence-corrected chi connectivity index (χ0v) is 14.8. The van der Waals surface area contributed by atoms with E-state index in [4.69, 9.17) is 11.1 Å². The summed E-state index contributed by atoms with van der Waals surface area (Å²) in [5.74, 6) is 0.498. The predicted octanol–water partition coefficient (Wildman–Crippen LogP) is 2.50. The summed E-state index contributed by atoms with van der Waals surface area (Å²) in [5, 5.41) is 18.2. The number of nitrogens with one attached hydrogen (secondary N) is 1. The van der Waals surface area contributed by atoms with Gasteiger partial charge in [0, 0.05) is 24.0 Å². The summed E-state index contributed by atoms with van der Waals surface area (Å²) in [6.07, 6.45) is 11.3. The van der Waals surface area contributed by atoms with E-state index in [0.29, 0.717) is 18.4 Å². The molecule has 0 spiro atoms. The Labute approximate surface area is 149 Å². The lowest BCUT2D eigenvalue weighted by Crippen LogP contribution is -2.49. The Hall–Kier alpha value is -1.62. The number of rotatable bonds is 5. The topological polar surface area (TPSA) is 90.4 Å². The number of hydrogen-bond donors (Lipinski definition) is 3. The lowest BCUT2D eigenvalue weighted by atomic mass is 9.83. The Morgan fingerprint density at radius 2 is 1.92 bits per heavy atom. The maximum absolute atomic E-state index is 13.3. The molecule has 1 amide bonds. The van der Waals surface area contributed by atoms with E-state index in [0.717, 1.165) is 49.8 Å². The van der Waals surface area contributed by atoms with Gasteiger partial charge in [0.2, 0.25) is 5.91 Å². The summed E-state index contributed by atoms with van der Waals surface area (Å²) in [4.78, 5) is 15.3. The highest BCUT2D eigenvalue weighted by molar-refractivity contribution is 5.82. The number of carbonyl (C=O) groups excluding carboxylic acids is 1. The molecule has 0 aliphatic heterocycles. The molecule has 0 saturated heterocycles. The summed E-state index contributed by atoms with van der Waals surface area (Å²) in [5.41, 5.74) is 9.05. The van der Waals surface area contributed by atoms with Crippen LogP contribution in [0, 0.1) is 17.2 Å². The molecule has 0 heterocycles. The molecule has 4 aliphatic rings. The van der Waals surface area contributed by atoms with Gasteiger partial charge in [-0.25, -0.2) is 0 Å². The van der Waals surface area contributed by atoms with Gasteiger partial charge in [0.05, 0.1) is 12.0 Å². The minimum atomic E-state index is -0.635. The van der Waals surface area contributed by atoms with Gasteiger partial charge in [-0.2, -0.15) is 0 Å². The normalized spacial score (nSPS) is 33.0. The van der Waals surface area contributed by atoms with Crippen LogP contribution in [0.2, 0.25) is 0 Å². The monoisotopic (exact) mass is 343 g/mol. The Morgan fingerprint density at radius 3 is 2.52 bits per heavy atom. The zero-order valence-electron chi connectivity index (χ0n) is 14.8. The first kappa shape index (κ1) is 16.8. The van der Waals surface area contributed by atoms with Crippen LogP contribution in [0.15, 0.2) is 22.9 Å². The van der Waals surface area contributed by atoms with Crippen LogP contribution in [0.25, 0.3) is 0 Å². The lowest BCUT2D eigenvalue weighted by Gasteiger charge is -2.39. The molecule has 0 aromatic heterocycles. The second kappa shape index (κ2) is 6.60. The molecule has 2 fully saturated rings. The van der Waals surface area contributed by atoms with Crippen LogP contribution >= 0.6 is 0 Å². The van der Waals surface area contributed by atoms with Crippen LogP contribution < -0.4 is 5.73 Å². The van der Waals surface area contributed by atoms with Crippen molar-refractivity contribution in [3.63, 3.8) is 0 Å². The largest absolute Gasteiger partial charge is 0.402 e. The molecule has 4 N–H and O–H groups in total. The van der Waals surface area contributed by atoms with E-state index in [1.807, 2.05) is 6.08 Å². The van der Waals surface area contributed by atoms with Gasteiger partial charge in [-0.3, -0.25) is 4.79 Å². The highest BCUT2D eigenvalue weighted by Gasteiger charge is 2.43. The van der Waals surface area contributed by atoms with E-state index in [1.165, 1.54) is 24.6 Å². The summed E-state index contributed by atoms with van der Waals surface area (Å²) in [6.45, 7) is 0. The first-order valence-electron chi connectivity index (χ1n) is 9.77. The van der Waals surface area contributed by atoms with E-state index in [2.05, 4.69) is 4.90 Å². The van der Waals surface area contributed by atoms with Crippen molar-refractivity contribution in [3.05, 3.63) is 22.9 Å². The molecular formula is C20H29N3O2. The number of aliphatic hydroxyl groups is 1. The molecule has 136 valence electrons. The number of nitrogens with two attached hydrogens (primary N) is 1. The van der Waals surface area contributed by atoms with Gasteiger partial charge >= 0.3 is 0 Å². The van der Waals surface area contributed by atoms with E-state index in [9.17, 15) is 9.90 Å². The third-order valence-corrected chi connectivity index (χ3v) is 6.34. The Bertz CT molecular complexity index is 631. The fraction of sp³-hybridized carbons (Fsp3) is 0.700. The van der Waals surface area contributed by atoms with E-state index >= 15 is 0 Å². The van der Waals surface area contributed by atoms with E-state index in [1.54, 1.807) is 0 Å². The maximum Gasteiger partial charge on any atom is 0.229 e. The van der Waals surface area contributed by atoms with Crippen molar-refractivity contribution in [2.75, 3.05) is 0 Å². The number of aliphatic hydroxyl groups excluding tert-OH is 1. The summed E-state index contributed by atoms with van der Waals surface area (Å²) < 4.78 is 0. The van der Waals surface area contributed by atoms with Gasteiger partial charge in [0.1, 0.15) is 0 Å². The second-order valence-corrected chi connectivity index (χ2v) is 8.22. The first-order valence-corrected chi connectivity index (χ1v) is 9.77. The maximum atomic E-state index is 13.3. The second-order valence-electron chi connectivity index (χ2n) is 8.22. The quantitative estimate of drug-likeness (QED) is 0.529. The van der Waals surface area contributed by atoms with Crippen LogP contribution in [-0.4, -0.2) is 40.3 Å². The highest BCUT2D eigenvalue weighted by atomic mass is 16.3. The molecule has 3 atom stereocenters. The molecule has 0 aromatic carbocycles. The van der Waals surface area contributed by atoms with Crippen molar-refractivity contribution in [2.45, 2.75) is 76.0 Å². The van der Waals surface area contributed by atoms with Crippen molar-refractivity contribution in [1.82, 2.24) is 4.90 Å². The zero-order chi connectivity index (χ0) is 17.6. The summed E-state index contributed by atoms with van der Waals surface area (Å²) in [6, 6.07) is 0.453. The Kier molecular flexibility index (Phi) is 4.44. The van der Waals surface area contributed by atoms with Crippen molar-refractivity contribution in [1.29, 1.82) is 5.41 Å². The molecule has 0 aromatic rings. The standard InChI is InChI=1S/C20H29N3O2/c21-11-14-9-16(6-8-18(14)22)23(15-4-5-15)20(25)17-7-3-13(10-19(17)24)12-1-2-12/h10-12,15-17,19,21,24H,1-9,22H2. The van der Waals surface area contributed by atoms with E-state index < -0.39 is 6.10 Å². The number of carbonyl (C=O) groups is 1. The predicted molar refractivity (Wildman–Crippen MR) is 97.0 cm³/mol. The first-order chi connectivity index (χ1) is 12.1. The number of allylic oxidation sites excluding steroid dienone is 2. The molecule has 3 unspecified atom stereocenters. The highest BCUT2D eigenvalue weighted by Crippen LogP contribution is 2.43. The summed E-state index contributed by atoms with van der Waals surface area (Å²) in [7, 11) is 0. The average Bonchev–Trinajstić information content (AvgIpc) is 3.48. The third kappa shape index (κ3) is 3.39. The van der Waals surface area contributed by atoms with Crippen LogP contribution in [0.1, 0.15) is 57.8 Å². The molecule has 4 aliphatic carbocycles. The van der Waals surface area contributed by atoms with Crippen molar-refractivity contribution < 1.29 is 9.90 Å². The van der Waals surface area contributed by atoms with Crippen LogP contribution in [0.5, 0.6) is 0 Å². The minimum Gasteiger partial charge on any atom is -0.402 e. The van der Waals surface area contributed by atoms with Crippen molar-refractivity contribution in [2.24, 2.45) is 17.6 Å².